The zero-order valence-corrected chi connectivity index (χ0v) is 17.5. The Morgan fingerprint density at radius 3 is 2.56 bits per heavy atom. The maximum Gasteiger partial charge on any atom is 0.573 e. The number of nitrogens with zero attached hydrogens (tertiary/aromatic N) is 4. The Bertz CT molecular complexity index is 960. The molecule has 1 fully saturated rings. The minimum Gasteiger partial charge on any atom is -0.405 e. The molecule has 1 aromatic carbocycles. The minimum atomic E-state index is -4.84. The smallest absolute Gasteiger partial charge is 0.405 e. The molecule has 0 saturated heterocycles. The summed E-state index contributed by atoms with van der Waals surface area (Å²) in [6.45, 7) is 2.42. The average molecular weight is 454 g/mol. The van der Waals surface area contributed by atoms with Gasteiger partial charge in [-0.05, 0) is 44.6 Å². The van der Waals surface area contributed by atoms with Crippen molar-refractivity contribution in [1.29, 1.82) is 0 Å². The van der Waals surface area contributed by atoms with Crippen LogP contribution in [0.3, 0.4) is 0 Å². The Morgan fingerprint density at radius 1 is 1.31 bits per heavy atom. The number of nitro groups is 1. The van der Waals surface area contributed by atoms with Crippen LogP contribution in [0.2, 0.25) is 0 Å². The first-order chi connectivity index (χ1) is 14.9. The van der Waals surface area contributed by atoms with E-state index in [9.17, 15) is 23.3 Å². The lowest BCUT2D eigenvalue weighted by molar-refractivity contribution is -0.384. The number of benzene rings is 1. The fourth-order valence-corrected chi connectivity index (χ4v) is 3.78. The molecule has 1 aliphatic carbocycles. The van der Waals surface area contributed by atoms with Gasteiger partial charge < -0.3 is 21.1 Å². The Morgan fingerprint density at radius 2 is 1.97 bits per heavy atom. The van der Waals surface area contributed by atoms with Gasteiger partial charge in [-0.3, -0.25) is 10.1 Å². The summed E-state index contributed by atoms with van der Waals surface area (Å²) in [5.74, 6) is -0.362. The number of nitrogens with two attached hydrogens (primary N) is 2. The van der Waals surface area contributed by atoms with E-state index in [1.165, 1.54) is 18.2 Å². The number of aromatic nitrogens is 2. The van der Waals surface area contributed by atoms with E-state index in [2.05, 4.69) is 14.7 Å². The first-order valence-electron chi connectivity index (χ1n) is 10.1. The molecule has 0 radical (unpaired) electrons. The van der Waals surface area contributed by atoms with Crippen molar-refractivity contribution in [3.8, 4) is 5.75 Å². The third-order valence-electron chi connectivity index (χ3n) is 5.55. The number of nitrogen functional groups attached to an aromatic ring is 1. The van der Waals surface area contributed by atoms with Crippen LogP contribution in [-0.4, -0.2) is 33.3 Å². The zero-order chi connectivity index (χ0) is 23.5. The van der Waals surface area contributed by atoms with Crippen molar-refractivity contribution >= 4 is 17.5 Å². The van der Waals surface area contributed by atoms with E-state index < -0.39 is 17.0 Å². The Kier molecular flexibility index (Phi) is 6.72. The van der Waals surface area contributed by atoms with Gasteiger partial charge in [-0.15, -0.1) is 13.2 Å². The Labute approximate surface area is 182 Å². The van der Waals surface area contributed by atoms with E-state index in [4.69, 9.17) is 11.5 Å². The second kappa shape index (κ2) is 9.15. The number of anilines is 2. The largest absolute Gasteiger partial charge is 0.573 e. The quantitative estimate of drug-likeness (QED) is 0.477. The molecule has 1 aliphatic rings. The maximum atomic E-state index is 12.8. The number of para-hydroxylation sites is 1. The highest BCUT2D eigenvalue weighted by atomic mass is 19.4. The van der Waals surface area contributed by atoms with Crippen molar-refractivity contribution in [3.05, 3.63) is 46.1 Å². The number of halogens is 3. The SMILES string of the molecule is C[C@]1(N)CC[C@@H](CN(Cc2ccccc2OC(F)(F)F)c2ncc([N+](=O)[O-])c(N)n2)CC1. The van der Waals surface area contributed by atoms with E-state index in [0.29, 0.717) is 6.54 Å². The molecule has 12 heteroatoms. The molecule has 32 heavy (non-hydrogen) atoms. The van der Waals surface area contributed by atoms with E-state index in [1.54, 1.807) is 11.0 Å². The maximum absolute atomic E-state index is 12.8. The zero-order valence-electron chi connectivity index (χ0n) is 17.5. The van der Waals surface area contributed by atoms with Gasteiger partial charge in [-0.25, -0.2) is 4.98 Å². The summed E-state index contributed by atoms with van der Waals surface area (Å²) in [5, 5.41) is 11.0. The average Bonchev–Trinajstić information content (AvgIpc) is 2.69. The fraction of sp³-hybridized carbons (Fsp3) is 0.500. The molecular weight excluding hydrogens is 429 g/mol. The number of hydrogen-bond donors (Lipinski definition) is 2. The van der Waals surface area contributed by atoms with Gasteiger partial charge >= 0.3 is 12.0 Å². The number of hydrogen-bond acceptors (Lipinski definition) is 8. The predicted octanol–water partition coefficient (Wildman–Crippen LogP) is 3.78. The molecule has 1 aromatic heterocycles. The van der Waals surface area contributed by atoms with E-state index in [-0.39, 0.29) is 41.1 Å². The molecule has 4 N–H and O–H groups in total. The molecule has 0 atom stereocenters. The van der Waals surface area contributed by atoms with Gasteiger partial charge in [-0.1, -0.05) is 18.2 Å². The molecule has 0 unspecified atom stereocenters. The van der Waals surface area contributed by atoms with Crippen molar-refractivity contribution in [2.75, 3.05) is 17.2 Å². The van der Waals surface area contributed by atoms with Crippen molar-refractivity contribution in [1.82, 2.24) is 9.97 Å². The monoisotopic (exact) mass is 454 g/mol. The molecule has 1 heterocycles. The minimum absolute atomic E-state index is 0.000102. The van der Waals surface area contributed by atoms with Crippen molar-refractivity contribution in [2.24, 2.45) is 11.7 Å². The highest BCUT2D eigenvalue weighted by molar-refractivity contribution is 5.54. The van der Waals surface area contributed by atoms with E-state index >= 15 is 0 Å². The van der Waals surface area contributed by atoms with Gasteiger partial charge in [-0.2, -0.15) is 4.98 Å². The lowest BCUT2D eigenvalue weighted by atomic mass is 9.78. The van der Waals surface area contributed by atoms with E-state index in [0.717, 1.165) is 31.9 Å². The first kappa shape index (κ1) is 23.5. The van der Waals surface area contributed by atoms with Crippen LogP contribution in [0.15, 0.2) is 30.5 Å². The van der Waals surface area contributed by atoms with Crippen LogP contribution in [0.5, 0.6) is 5.75 Å². The van der Waals surface area contributed by atoms with Crippen LogP contribution in [0.1, 0.15) is 38.2 Å². The predicted molar refractivity (Wildman–Crippen MR) is 112 cm³/mol. The Hall–Kier alpha value is -3.15. The highest BCUT2D eigenvalue weighted by Gasteiger charge is 2.33. The van der Waals surface area contributed by atoms with Gasteiger partial charge in [0.05, 0.1) is 4.92 Å². The topological polar surface area (TPSA) is 133 Å². The fourth-order valence-electron chi connectivity index (χ4n) is 3.78. The molecule has 0 spiro atoms. The van der Waals surface area contributed by atoms with Crippen LogP contribution in [-0.2, 0) is 6.54 Å². The van der Waals surface area contributed by atoms with Crippen molar-refractivity contribution in [2.45, 2.75) is 51.1 Å². The lowest BCUT2D eigenvalue weighted by Gasteiger charge is -2.36. The number of alkyl halides is 3. The summed E-state index contributed by atoms with van der Waals surface area (Å²) in [6, 6.07) is 5.79. The third kappa shape index (κ3) is 6.19. The third-order valence-corrected chi connectivity index (χ3v) is 5.55. The van der Waals surface area contributed by atoms with Gasteiger partial charge in [0.15, 0.2) is 0 Å². The molecular formula is C20H25F3N6O3. The molecule has 2 aromatic rings. The second-order valence-electron chi connectivity index (χ2n) is 8.33. The standard InChI is InChI=1S/C20H25F3N6O3/c1-19(25)8-6-13(7-9-19)11-28(18-26-10-15(29(30)31)17(24)27-18)12-14-4-2-3-5-16(14)32-20(21,22)23/h2-5,10,13H,6-9,11-12,25H2,1H3,(H2,24,26,27)/t13-,19+. The van der Waals surface area contributed by atoms with Crippen molar-refractivity contribution in [3.63, 3.8) is 0 Å². The molecule has 0 bridgehead atoms. The first-order valence-corrected chi connectivity index (χ1v) is 10.1. The Balaban J connectivity index is 1.90. The normalized spacial score (nSPS) is 21.2. The van der Waals surface area contributed by atoms with Crippen LogP contribution in [0, 0.1) is 16.0 Å². The summed E-state index contributed by atoms with van der Waals surface area (Å²) in [7, 11) is 0. The van der Waals surface area contributed by atoms with Gasteiger partial charge in [0.2, 0.25) is 11.8 Å². The summed E-state index contributed by atoms with van der Waals surface area (Å²) in [6.07, 6.45) is -0.574. The summed E-state index contributed by atoms with van der Waals surface area (Å²) >= 11 is 0. The van der Waals surface area contributed by atoms with Gasteiger partial charge in [0.25, 0.3) is 0 Å². The molecule has 9 nitrogen and oxygen atoms in total. The van der Waals surface area contributed by atoms with Crippen LogP contribution < -0.4 is 21.1 Å². The van der Waals surface area contributed by atoms with Crippen LogP contribution >= 0.6 is 0 Å². The van der Waals surface area contributed by atoms with Gasteiger partial charge in [0.1, 0.15) is 11.9 Å². The number of ether oxygens (including phenoxy) is 1. The molecule has 0 aliphatic heterocycles. The second-order valence-corrected chi connectivity index (χ2v) is 8.33. The molecule has 1 saturated carbocycles. The number of rotatable bonds is 7. The molecule has 3 rings (SSSR count). The molecule has 174 valence electrons. The van der Waals surface area contributed by atoms with Crippen LogP contribution in [0.4, 0.5) is 30.6 Å². The summed E-state index contributed by atoms with van der Waals surface area (Å²) < 4.78 is 42.7. The van der Waals surface area contributed by atoms with Crippen molar-refractivity contribution < 1.29 is 22.8 Å². The van der Waals surface area contributed by atoms with E-state index in [1.807, 2.05) is 6.92 Å². The summed E-state index contributed by atoms with van der Waals surface area (Å²) in [4.78, 5) is 20.1. The summed E-state index contributed by atoms with van der Waals surface area (Å²) in [5.41, 5.74) is 11.5. The van der Waals surface area contributed by atoms with Gasteiger partial charge in [0, 0.05) is 24.2 Å². The molecule has 0 amide bonds. The van der Waals surface area contributed by atoms with Crippen LogP contribution in [0.25, 0.3) is 0 Å². The highest BCUT2D eigenvalue weighted by Crippen LogP contribution is 2.33. The lowest BCUT2D eigenvalue weighted by Crippen LogP contribution is -2.42.